The molecule has 0 spiro atoms. The summed E-state index contributed by atoms with van der Waals surface area (Å²) in [7, 11) is 3.38. The Balaban J connectivity index is 0.00000364. The van der Waals surface area contributed by atoms with Gasteiger partial charge in [0.25, 0.3) is 0 Å². The Kier molecular flexibility index (Phi) is 10.5. The number of rotatable bonds is 9. The van der Waals surface area contributed by atoms with Crippen molar-refractivity contribution in [2.24, 2.45) is 4.99 Å². The number of aryl methyl sites for hydroxylation is 2. The van der Waals surface area contributed by atoms with Gasteiger partial charge in [0.1, 0.15) is 0 Å². The molecule has 0 saturated heterocycles. The fraction of sp³-hybridized carbons (Fsp3) is 0.500. The van der Waals surface area contributed by atoms with Crippen LogP contribution in [0.5, 0.6) is 11.5 Å². The van der Waals surface area contributed by atoms with E-state index in [1.54, 1.807) is 21.1 Å². The van der Waals surface area contributed by atoms with E-state index in [4.69, 9.17) is 14.0 Å². The summed E-state index contributed by atoms with van der Waals surface area (Å²) in [5.74, 6) is 3.40. The molecule has 150 valence electrons. The first-order valence-electron chi connectivity index (χ1n) is 8.69. The summed E-state index contributed by atoms with van der Waals surface area (Å²) in [5.41, 5.74) is 1.21. The number of aliphatic imine (C=N–C) groups is 1. The first kappa shape index (κ1) is 23.0. The number of aromatic nitrogens is 2. The van der Waals surface area contributed by atoms with Gasteiger partial charge in [-0.15, -0.1) is 24.0 Å². The highest BCUT2D eigenvalue weighted by molar-refractivity contribution is 14.0. The summed E-state index contributed by atoms with van der Waals surface area (Å²) < 4.78 is 16.0. The van der Waals surface area contributed by atoms with Crippen LogP contribution in [0.3, 0.4) is 0 Å². The van der Waals surface area contributed by atoms with Crippen LogP contribution in [-0.4, -0.2) is 43.4 Å². The van der Waals surface area contributed by atoms with E-state index in [1.807, 2.05) is 19.1 Å². The third kappa shape index (κ3) is 7.61. The molecule has 0 aliphatic carbocycles. The Bertz CT molecular complexity index is 721. The maximum atomic E-state index is 5.62. The largest absolute Gasteiger partial charge is 0.493 e. The van der Waals surface area contributed by atoms with Crippen LogP contribution in [0.1, 0.15) is 30.6 Å². The Morgan fingerprint density at radius 2 is 2.07 bits per heavy atom. The van der Waals surface area contributed by atoms with E-state index in [2.05, 4.69) is 31.8 Å². The van der Waals surface area contributed by atoms with Crippen molar-refractivity contribution in [1.29, 1.82) is 0 Å². The molecule has 1 heterocycles. The molecule has 0 aliphatic heterocycles. The number of methoxy groups -OCH3 is 1. The molecule has 0 unspecified atom stereocenters. The second-order valence-electron chi connectivity index (χ2n) is 5.61. The molecule has 8 nitrogen and oxygen atoms in total. The number of hydrogen-bond donors (Lipinski definition) is 2. The average molecular weight is 489 g/mol. The Hall–Kier alpha value is -2.04. The van der Waals surface area contributed by atoms with Gasteiger partial charge in [0.2, 0.25) is 5.89 Å². The third-order valence-corrected chi connectivity index (χ3v) is 3.66. The van der Waals surface area contributed by atoms with Crippen molar-refractivity contribution < 1.29 is 14.0 Å². The van der Waals surface area contributed by atoms with Crippen molar-refractivity contribution in [2.75, 3.05) is 27.3 Å². The van der Waals surface area contributed by atoms with E-state index < -0.39 is 0 Å². The van der Waals surface area contributed by atoms with E-state index in [9.17, 15) is 0 Å². The highest BCUT2D eigenvalue weighted by Crippen LogP contribution is 2.28. The van der Waals surface area contributed by atoms with Gasteiger partial charge in [-0.2, -0.15) is 4.98 Å². The van der Waals surface area contributed by atoms with Gasteiger partial charge in [-0.05, 0) is 44.4 Å². The van der Waals surface area contributed by atoms with Crippen LogP contribution in [0.4, 0.5) is 0 Å². The number of ether oxygens (including phenoxy) is 2. The predicted molar refractivity (Wildman–Crippen MR) is 115 cm³/mol. The lowest BCUT2D eigenvalue weighted by Crippen LogP contribution is -2.37. The minimum atomic E-state index is 0. The Morgan fingerprint density at radius 3 is 2.70 bits per heavy atom. The maximum absolute atomic E-state index is 5.62. The fourth-order valence-electron chi connectivity index (χ4n) is 2.44. The van der Waals surface area contributed by atoms with Crippen LogP contribution in [0.2, 0.25) is 0 Å². The van der Waals surface area contributed by atoms with Crippen LogP contribution in [-0.2, 0) is 13.0 Å². The molecule has 27 heavy (non-hydrogen) atoms. The van der Waals surface area contributed by atoms with Gasteiger partial charge in [0.15, 0.2) is 23.3 Å². The second-order valence-corrected chi connectivity index (χ2v) is 5.61. The van der Waals surface area contributed by atoms with Crippen molar-refractivity contribution in [2.45, 2.75) is 33.2 Å². The van der Waals surface area contributed by atoms with Crippen molar-refractivity contribution in [1.82, 2.24) is 20.8 Å². The van der Waals surface area contributed by atoms with Gasteiger partial charge < -0.3 is 24.6 Å². The first-order chi connectivity index (χ1) is 12.7. The lowest BCUT2D eigenvalue weighted by molar-refractivity contribution is 0.310. The van der Waals surface area contributed by atoms with Crippen molar-refractivity contribution in [3.8, 4) is 11.5 Å². The van der Waals surface area contributed by atoms with Crippen LogP contribution in [0, 0.1) is 6.92 Å². The molecule has 0 aliphatic rings. The summed E-state index contributed by atoms with van der Waals surface area (Å²) in [5, 5.41) is 10.2. The molecule has 1 aromatic heterocycles. The third-order valence-electron chi connectivity index (χ3n) is 3.66. The number of guanidine groups is 1. The Labute approximate surface area is 177 Å². The molecular formula is C18H28IN5O3. The van der Waals surface area contributed by atoms with Crippen molar-refractivity contribution in [3.63, 3.8) is 0 Å². The van der Waals surface area contributed by atoms with Gasteiger partial charge in [0, 0.05) is 13.6 Å². The molecule has 1 aromatic carbocycles. The Morgan fingerprint density at radius 1 is 1.26 bits per heavy atom. The lowest BCUT2D eigenvalue weighted by Gasteiger charge is -2.12. The van der Waals surface area contributed by atoms with Crippen LogP contribution in [0.25, 0.3) is 0 Å². The minimum Gasteiger partial charge on any atom is -0.493 e. The second kappa shape index (κ2) is 12.4. The summed E-state index contributed by atoms with van der Waals surface area (Å²) >= 11 is 0. The topological polar surface area (TPSA) is 93.8 Å². The highest BCUT2D eigenvalue weighted by Gasteiger charge is 2.06. The SMILES string of the molecule is CCOc1cc(CCCNC(=NC)NCc2nc(C)no2)ccc1OC.I. The van der Waals surface area contributed by atoms with E-state index in [1.165, 1.54) is 5.56 Å². The average Bonchev–Trinajstić information content (AvgIpc) is 3.07. The number of benzene rings is 1. The normalized spacial score (nSPS) is 10.9. The zero-order chi connectivity index (χ0) is 18.8. The van der Waals surface area contributed by atoms with E-state index in [0.717, 1.165) is 30.9 Å². The van der Waals surface area contributed by atoms with Crippen LogP contribution >= 0.6 is 24.0 Å². The zero-order valence-electron chi connectivity index (χ0n) is 16.2. The molecule has 0 amide bonds. The summed E-state index contributed by atoms with van der Waals surface area (Å²) in [6.45, 7) is 5.60. The monoisotopic (exact) mass is 489 g/mol. The number of nitrogens with zero attached hydrogens (tertiary/aromatic N) is 3. The van der Waals surface area contributed by atoms with Crippen LogP contribution < -0.4 is 20.1 Å². The molecule has 9 heteroatoms. The molecule has 0 bridgehead atoms. The first-order valence-corrected chi connectivity index (χ1v) is 8.69. The van der Waals surface area contributed by atoms with E-state index >= 15 is 0 Å². The number of nitrogens with one attached hydrogen (secondary N) is 2. The van der Waals surface area contributed by atoms with Gasteiger partial charge in [-0.3, -0.25) is 4.99 Å². The number of hydrogen-bond acceptors (Lipinski definition) is 6. The molecule has 0 atom stereocenters. The predicted octanol–water partition coefficient (Wildman–Crippen LogP) is 2.70. The number of halogens is 1. The molecular weight excluding hydrogens is 461 g/mol. The summed E-state index contributed by atoms with van der Waals surface area (Å²) in [6.07, 6.45) is 1.88. The molecule has 0 saturated carbocycles. The van der Waals surface area contributed by atoms with Crippen molar-refractivity contribution >= 4 is 29.9 Å². The van der Waals surface area contributed by atoms with Crippen molar-refractivity contribution in [3.05, 3.63) is 35.5 Å². The molecule has 2 rings (SSSR count). The highest BCUT2D eigenvalue weighted by atomic mass is 127. The molecule has 0 fully saturated rings. The lowest BCUT2D eigenvalue weighted by atomic mass is 10.1. The summed E-state index contributed by atoms with van der Waals surface area (Å²) in [6, 6.07) is 6.04. The van der Waals surface area contributed by atoms with E-state index in [0.29, 0.717) is 30.8 Å². The van der Waals surface area contributed by atoms with Crippen LogP contribution in [0.15, 0.2) is 27.7 Å². The van der Waals surface area contributed by atoms with E-state index in [-0.39, 0.29) is 24.0 Å². The minimum absolute atomic E-state index is 0. The molecule has 2 aromatic rings. The maximum Gasteiger partial charge on any atom is 0.246 e. The van der Waals surface area contributed by atoms with Gasteiger partial charge in [0.05, 0.1) is 20.3 Å². The molecule has 0 radical (unpaired) electrons. The van der Waals surface area contributed by atoms with Gasteiger partial charge >= 0.3 is 0 Å². The fourth-order valence-corrected chi connectivity index (χ4v) is 2.44. The summed E-state index contributed by atoms with van der Waals surface area (Å²) in [4.78, 5) is 8.33. The standard InChI is InChI=1S/C18H27N5O3.HI/c1-5-25-16-11-14(8-9-15(16)24-4)7-6-10-20-18(19-3)21-12-17-22-13(2)23-26-17;/h8-9,11H,5-7,10,12H2,1-4H3,(H2,19,20,21);1H. The quantitative estimate of drug-likeness (QED) is 0.242. The van der Waals surface area contributed by atoms with Gasteiger partial charge in [-0.25, -0.2) is 0 Å². The van der Waals surface area contributed by atoms with Gasteiger partial charge in [-0.1, -0.05) is 11.2 Å². The smallest absolute Gasteiger partial charge is 0.246 e. The zero-order valence-corrected chi connectivity index (χ0v) is 18.6. The molecule has 2 N–H and O–H groups in total.